The number of hydrogen-bond acceptors (Lipinski definition) is 5. The van der Waals surface area contributed by atoms with E-state index in [1.807, 2.05) is 0 Å². The van der Waals surface area contributed by atoms with Crippen molar-refractivity contribution in [2.45, 2.75) is 6.61 Å². The fourth-order valence-electron chi connectivity index (χ4n) is 1.80. The topological polar surface area (TPSA) is 104 Å². The Kier molecular flexibility index (Phi) is 5.17. The Morgan fingerprint density at radius 3 is 2.59 bits per heavy atom. The summed E-state index contributed by atoms with van der Waals surface area (Å²) in [6.07, 6.45) is 0. The van der Waals surface area contributed by atoms with Crippen molar-refractivity contribution in [1.29, 1.82) is 0 Å². The minimum Gasteiger partial charge on any atom is -0.479 e. The number of aliphatic carboxylic acids is 1. The van der Waals surface area contributed by atoms with Crippen LogP contribution in [0.3, 0.4) is 0 Å². The second-order valence-corrected chi connectivity index (χ2v) is 6.06. The van der Waals surface area contributed by atoms with E-state index in [0.29, 0.717) is 20.5 Å². The monoisotopic (exact) mass is 386 g/mol. The summed E-state index contributed by atoms with van der Waals surface area (Å²) in [5.41, 5.74) is 1.39. The van der Waals surface area contributed by atoms with E-state index in [9.17, 15) is 19.8 Å². The molecule has 22 heavy (non-hydrogen) atoms. The Labute approximate surface area is 137 Å². The number of benzene rings is 1. The van der Waals surface area contributed by atoms with Crippen LogP contribution in [0.1, 0.15) is 15.2 Å². The number of carboxylic acid groups (broad SMARTS) is 2. The lowest BCUT2D eigenvalue weighted by molar-refractivity contribution is -0.139. The highest BCUT2D eigenvalue weighted by molar-refractivity contribution is 9.10. The molecule has 0 bridgehead atoms. The highest BCUT2D eigenvalue weighted by Crippen LogP contribution is 2.45. The number of carboxylic acids is 2. The third kappa shape index (κ3) is 3.46. The van der Waals surface area contributed by atoms with E-state index in [1.165, 1.54) is 0 Å². The van der Waals surface area contributed by atoms with Crippen LogP contribution in [0.2, 0.25) is 0 Å². The minimum atomic E-state index is -1.20. The number of hydrogen-bond donors (Lipinski definition) is 3. The first-order chi connectivity index (χ1) is 10.4. The number of rotatable bonds is 6. The van der Waals surface area contributed by atoms with Crippen LogP contribution >= 0.6 is 27.3 Å². The highest BCUT2D eigenvalue weighted by atomic mass is 79.9. The average molecular weight is 387 g/mol. The summed E-state index contributed by atoms with van der Waals surface area (Å²) in [6, 6.07) is 6.97. The van der Waals surface area contributed by atoms with Crippen molar-refractivity contribution in [3.8, 4) is 16.2 Å². The second-order valence-electron chi connectivity index (χ2n) is 4.25. The summed E-state index contributed by atoms with van der Waals surface area (Å²) in [5.74, 6) is -2.40. The van der Waals surface area contributed by atoms with Gasteiger partial charge >= 0.3 is 11.9 Å². The molecular weight excluding hydrogens is 376 g/mol. The molecule has 0 spiro atoms. The van der Waals surface area contributed by atoms with Crippen molar-refractivity contribution in [3.05, 3.63) is 39.2 Å². The molecule has 0 radical (unpaired) electrons. The van der Waals surface area contributed by atoms with E-state index in [4.69, 9.17) is 9.84 Å². The first-order valence-electron chi connectivity index (χ1n) is 6.04. The van der Waals surface area contributed by atoms with E-state index >= 15 is 0 Å². The molecular formula is C14H11BrO6S. The Balaban J connectivity index is 2.50. The number of thiophene rings is 1. The number of halogens is 1. The Morgan fingerprint density at radius 1 is 1.27 bits per heavy atom. The summed E-state index contributed by atoms with van der Waals surface area (Å²) in [7, 11) is 0. The van der Waals surface area contributed by atoms with Gasteiger partial charge in [0, 0.05) is 0 Å². The van der Waals surface area contributed by atoms with E-state index in [0.717, 1.165) is 11.3 Å². The summed E-state index contributed by atoms with van der Waals surface area (Å²) in [4.78, 5) is 22.4. The lowest BCUT2D eigenvalue weighted by Gasteiger charge is -2.04. The van der Waals surface area contributed by atoms with Crippen molar-refractivity contribution < 1.29 is 29.6 Å². The van der Waals surface area contributed by atoms with Crippen LogP contribution in [0.4, 0.5) is 0 Å². The van der Waals surface area contributed by atoms with Gasteiger partial charge in [0.1, 0.15) is 0 Å². The third-order valence-electron chi connectivity index (χ3n) is 2.72. The number of aliphatic hydroxyl groups excluding tert-OH is 1. The molecule has 116 valence electrons. The molecule has 0 aliphatic carbocycles. The van der Waals surface area contributed by atoms with Crippen molar-refractivity contribution in [3.63, 3.8) is 0 Å². The second kappa shape index (κ2) is 6.91. The van der Waals surface area contributed by atoms with Crippen LogP contribution in [0.25, 0.3) is 10.4 Å². The Hall–Kier alpha value is -1.90. The van der Waals surface area contributed by atoms with Crippen molar-refractivity contribution >= 4 is 39.2 Å². The standard InChI is InChI=1S/C14H11BrO6S/c15-10-11(21-6-9(17)18)13(14(19)20)22-12(10)8-3-1-2-7(4-8)5-16/h1-4,16H,5-6H2,(H,17,18)(H,19,20). The molecule has 0 aliphatic rings. The highest BCUT2D eigenvalue weighted by Gasteiger charge is 2.24. The van der Waals surface area contributed by atoms with Crippen molar-refractivity contribution in [2.24, 2.45) is 0 Å². The number of aliphatic hydroxyl groups is 1. The molecule has 0 unspecified atom stereocenters. The van der Waals surface area contributed by atoms with Gasteiger partial charge in [-0.1, -0.05) is 18.2 Å². The zero-order valence-electron chi connectivity index (χ0n) is 11.1. The SMILES string of the molecule is O=C(O)COc1c(C(=O)O)sc(-c2cccc(CO)c2)c1Br. The molecule has 2 rings (SSSR count). The maximum Gasteiger partial charge on any atom is 0.349 e. The van der Waals surface area contributed by atoms with Gasteiger partial charge in [0.2, 0.25) is 0 Å². The molecule has 0 aliphatic heterocycles. The smallest absolute Gasteiger partial charge is 0.349 e. The van der Waals surface area contributed by atoms with Crippen LogP contribution in [-0.4, -0.2) is 33.9 Å². The van der Waals surface area contributed by atoms with Gasteiger partial charge < -0.3 is 20.1 Å². The van der Waals surface area contributed by atoms with Crippen LogP contribution in [-0.2, 0) is 11.4 Å². The first kappa shape index (κ1) is 16.5. The van der Waals surface area contributed by atoms with Crippen LogP contribution in [0.15, 0.2) is 28.7 Å². The maximum atomic E-state index is 11.3. The quantitative estimate of drug-likeness (QED) is 0.704. The summed E-state index contributed by atoms with van der Waals surface area (Å²) < 4.78 is 5.46. The van der Waals surface area contributed by atoms with Crippen LogP contribution in [0.5, 0.6) is 5.75 Å². The molecule has 0 fully saturated rings. The van der Waals surface area contributed by atoms with Gasteiger partial charge in [-0.25, -0.2) is 9.59 Å². The van der Waals surface area contributed by atoms with Gasteiger partial charge in [-0.3, -0.25) is 0 Å². The number of aromatic carboxylic acids is 1. The van der Waals surface area contributed by atoms with Crippen molar-refractivity contribution in [2.75, 3.05) is 6.61 Å². The van der Waals surface area contributed by atoms with Crippen molar-refractivity contribution in [1.82, 2.24) is 0 Å². The molecule has 0 amide bonds. The van der Waals surface area contributed by atoms with Gasteiger partial charge in [-0.2, -0.15) is 0 Å². The van der Waals surface area contributed by atoms with Gasteiger partial charge in [0.05, 0.1) is 16.0 Å². The zero-order chi connectivity index (χ0) is 16.3. The molecule has 0 saturated carbocycles. The maximum absolute atomic E-state index is 11.3. The molecule has 3 N–H and O–H groups in total. The summed E-state index contributed by atoms with van der Waals surface area (Å²) in [5, 5.41) is 27.1. The fourth-order valence-corrected chi connectivity index (χ4v) is 3.68. The Bertz CT molecular complexity index is 724. The lowest BCUT2D eigenvalue weighted by atomic mass is 10.1. The minimum absolute atomic E-state index is 0.00991. The predicted molar refractivity (Wildman–Crippen MR) is 83.5 cm³/mol. The number of ether oxygens (including phenoxy) is 1. The van der Waals surface area contributed by atoms with E-state index in [-0.39, 0.29) is 17.2 Å². The zero-order valence-corrected chi connectivity index (χ0v) is 13.5. The van der Waals surface area contributed by atoms with E-state index < -0.39 is 18.5 Å². The fraction of sp³-hybridized carbons (Fsp3) is 0.143. The number of carbonyl (C=O) groups is 2. The third-order valence-corrected chi connectivity index (χ3v) is 4.94. The Morgan fingerprint density at radius 2 is 2.00 bits per heavy atom. The molecule has 0 saturated heterocycles. The molecule has 6 nitrogen and oxygen atoms in total. The molecule has 1 aromatic heterocycles. The largest absolute Gasteiger partial charge is 0.479 e. The van der Waals surface area contributed by atoms with Crippen LogP contribution < -0.4 is 4.74 Å². The molecule has 0 atom stereocenters. The molecule has 1 aromatic carbocycles. The molecule has 1 heterocycles. The van der Waals surface area contributed by atoms with Gasteiger partial charge in [-0.05, 0) is 33.1 Å². The average Bonchev–Trinajstić information content (AvgIpc) is 2.82. The van der Waals surface area contributed by atoms with Gasteiger partial charge in [0.25, 0.3) is 0 Å². The lowest BCUT2D eigenvalue weighted by Crippen LogP contribution is -2.11. The van der Waals surface area contributed by atoms with Gasteiger partial charge in [0.15, 0.2) is 17.2 Å². The van der Waals surface area contributed by atoms with Crippen LogP contribution in [0, 0.1) is 0 Å². The molecule has 8 heteroatoms. The van der Waals surface area contributed by atoms with Gasteiger partial charge in [-0.15, -0.1) is 11.3 Å². The predicted octanol–water partition coefficient (Wildman–Crippen LogP) is 2.83. The van der Waals surface area contributed by atoms with E-state index in [2.05, 4.69) is 15.9 Å². The normalized spacial score (nSPS) is 10.5. The first-order valence-corrected chi connectivity index (χ1v) is 7.65. The summed E-state index contributed by atoms with van der Waals surface area (Å²) in [6.45, 7) is -0.767. The van der Waals surface area contributed by atoms with E-state index in [1.54, 1.807) is 24.3 Å². The summed E-state index contributed by atoms with van der Waals surface area (Å²) >= 11 is 4.24. The molecule has 2 aromatic rings.